The van der Waals surface area contributed by atoms with Crippen molar-refractivity contribution in [2.45, 2.75) is 51.5 Å². The summed E-state index contributed by atoms with van der Waals surface area (Å²) < 4.78 is 12.9. The number of anilines is 2. The minimum Gasteiger partial charge on any atom is -0.388 e. The molecule has 208 valence electrons. The third-order valence-corrected chi connectivity index (χ3v) is 7.09. The number of primary amides is 1. The van der Waals surface area contributed by atoms with Gasteiger partial charge >= 0.3 is 6.03 Å². The molecule has 0 atom stereocenters. The maximum absolute atomic E-state index is 12.9. The first-order valence-corrected chi connectivity index (χ1v) is 13.2. The van der Waals surface area contributed by atoms with Crippen molar-refractivity contribution in [1.29, 1.82) is 5.41 Å². The summed E-state index contributed by atoms with van der Waals surface area (Å²) in [7, 11) is 5.89. The zero-order valence-corrected chi connectivity index (χ0v) is 23.1. The number of benzene rings is 2. The van der Waals surface area contributed by atoms with Gasteiger partial charge in [0, 0.05) is 56.8 Å². The molecule has 2 aromatic rings. The van der Waals surface area contributed by atoms with Crippen molar-refractivity contribution in [3.05, 3.63) is 59.4 Å². The van der Waals surface area contributed by atoms with E-state index >= 15 is 0 Å². The van der Waals surface area contributed by atoms with Crippen LogP contribution in [-0.2, 0) is 11.2 Å². The normalized spacial score (nSPS) is 16.7. The second kappa shape index (κ2) is 15.7. The number of hydrogen-bond donors (Lipinski definition) is 4. The van der Waals surface area contributed by atoms with Crippen LogP contribution in [0.15, 0.2) is 42.5 Å². The standard InChI is InChI=1S/C20H31FN2O.C9H12N4O/c1-16(24)23(3)20-12-8-18(9-13-20)15-22(2)14-4-5-17-6-10-19(21)11-7-17;1-12-8-3-2-7(13-9(11)14)4-6(8)5-10/h6-7,10-11,18,20H,4-5,8-9,12-15H2,1-3H3;2-5,10,12H,1H3,(H3,11,13,14). The molecular weight excluding hydrogens is 483 g/mol. The Hall–Kier alpha value is -3.46. The van der Waals surface area contributed by atoms with E-state index in [1.807, 2.05) is 24.1 Å². The molecule has 0 bridgehead atoms. The zero-order chi connectivity index (χ0) is 28.1. The largest absolute Gasteiger partial charge is 0.388 e. The van der Waals surface area contributed by atoms with Crippen LogP contribution in [0.25, 0.3) is 0 Å². The number of nitrogens with zero attached hydrogens (tertiary/aromatic N) is 2. The molecule has 0 spiro atoms. The first kappa shape index (κ1) is 30.8. The van der Waals surface area contributed by atoms with E-state index in [2.05, 4.69) is 22.6 Å². The van der Waals surface area contributed by atoms with Gasteiger partial charge in [-0.2, -0.15) is 0 Å². The predicted octanol–water partition coefficient (Wildman–Crippen LogP) is 4.94. The van der Waals surface area contributed by atoms with Gasteiger partial charge in [-0.05, 0) is 93.9 Å². The van der Waals surface area contributed by atoms with Gasteiger partial charge in [0.2, 0.25) is 5.91 Å². The van der Waals surface area contributed by atoms with Gasteiger partial charge < -0.3 is 31.6 Å². The summed E-state index contributed by atoms with van der Waals surface area (Å²) in [6.45, 7) is 3.87. The molecule has 0 unspecified atom stereocenters. The third-order valence-electron chi connectivity index (χ3n) is 7.09. The lowest BCUT2D eigenvalue weighted by Gasteiger charge is -2.35. The van der Waals surface area contributed by atoms with Crippen molar-refractivity contribution in [3.8, 4) is 0 Å². The maximum atomic E-state index is 12.9. The SMILES string of the molecule is CC(=O)N(C)C1CCC(CN(C)CCCc2ccc(F)cc2)CC1.CNc1ccc(NC(N)=O)cc1C=N. The van der Waals surface area contributed by atoms with Crippen LogP contribution in [0.5, 0.6) is 0 Å². The Morgan fingerprint density at radius 2 is 1.76 bits per heavy atom. The molecule has 0 heterocycles. The van der Waals surface area contributed by atoms with Crippen LogP contribution in [0.1, 0.15) is 50.2 Å². The van der Waals surface area contributed by atoms with Crippen LogP contribution in [0.3, 0.4) is 0 Å². The molecule has 2 aromatic carbocycles. The highest BCUT2D eigenvalue weighted by Gasteiger charge is 2.25. The lowest BCUT2D eigenvalue weighted by Crippen LogP contribution is -2.39. The molecule has 0 aromatic heterocycles. The minimum atomic E-state index is -0.613. The van der Waals surface area contributed by atoms with Gasteiger partial charge in [0.25, 0.3) is 0 Å². The first-order chi connectivity index (χ1) is 18.1. The number of carbonyl (C=O) groups is 2. The molecule has 38 heavy (non-hydrogen) atoms. The highest BCUT2D eigenvalue weighted by Crippen LogP contribution is 2.27. The Bertz CT molecular complexity index is 1040. The number of nitrogens with two attached hydrogens (primary N) is 1. The molecule has 0 saturated heterocycles. The number of aryl methyl sites for hydroxylation is 1. The monoisotopic (exact) mass is 526 g/mol. The van der Waals surface area contributed by atoms with Crippen LogP contribution < -0.4 is 16.4 Å². The fraction of sp³-hybridized carbons (Fsp3) is 0.483. The summed E-state index contributed by atoms with van der Waals surface area (Å²) in [4.78, 5) is 26.3. The summed E-state index contributed by atoms with van der Waals surface area (Å²) in [5.41, 5.74) is 8.27. The predicted molar refractivity (Wildman–Crippen MR) is 153 cm³/mol. The Balaban J connectivity index is 0.000000308. The Kier molecular flexibility index (Phi) is 12.7. The van der Waals surface area contributed by atoms with Crippen LogP contribution >= 0.6 is 0 Å². The Morgan fingerprint density at radius 3 is 2.32 bits per heavy atom. The highest BCUT2D eigenvalue weighted by atomic mass is 19.1. The quantitative estimate of drug-likeness (QED) is 0.328. The Labute approximate surface area is 226 Å². The van der Waals surface area contributed by atoms with E-state index < -0.39 is 6.03 Å². The van der Waals surface area contributed by atoms with Gasteiger partial charge in [0.15, 0.2) is 0 Å². The zero-order valence-electron chi connectivity index (χ0n) is 23.1. The molecule has 0 aliphatic heterocycles. The van der Waals surface area contributed by atoms with Crippen molar-refractivity contribution in [2.75, 3.05) is 44.9 Å². The second-order valence-electron chi connectivity index (χ2n) is 9.98. The van der Waals surface area contributed by atoms with Crippen molar-refractivity contribution in [3.63, 3.8) is 0 Å². The fourth-order valence-electron chi connectivity index (χ4n) is 4.84. The first-order valence-electron chi connectivity index (χ1n) is 13.2. The van der Waals surface area contributed by atoms with Gasteiger partial charge in [0.05, 0.1) is 0 Å². The Morgan fingerprint density at radius 1 is 1.11 bits per heavy atom. The van der Waals surface area contributed by atoms with Crippen molar-refractivity contribution < 1.29 is 14.0 Å². The number of carbonyl (C=O) groups excluding carboxylic acids is 2. The van der Waals surface area contributed by atoms with Crippen LogP contribution in [0.2, 0.25) is 0 Å². The summed E-state index contributed by atoms with van der Waals surface area (Å²) in [5.74, 6) is 0.760. The molecule has 9 heteroatoms. The summed E-state index contributed by atoms with van der Waals surface area (Å²) in [5, 5.41) is 12.5. The van der Waals surface area contributed by atoms with Gasteiger partial charge in [-0.1, -0.05) is 12.1 Å². The van der Waals surface area contributed by atoms with Crippen LogP contribution in [-0.4, -0.2) is 68.2 Å². The lowest BCUT2D eigenvalue weighted by atomic mass is 9.85. The molecule has 0 radical (unpaired) electrons. The number of amides is 3. The molecule has 1 fully saturated rings. The van der Waals surface area contributed by atoms with E-state index in [1.165, 1.54) is 36.8 Å². The number of hydrogen-bond acceptors (Lipinski definition) is 5. The van der Waals surface area contributed by atoms with Crippen LogP contribution in [0, 0.1) is 17.1 Å². The second-order valence-corrected chi connectivity index (χ2v) is 9.98. The average Bonchev–Trinajstić information content (AvgIpc) is 2.89. The molecular formula is C29H43FN6O2. The smallest absolute Gasteiger partial charge is 0.316 e. The molecule has 3 amide bonds. The van der Waals surface area contributed by atoms with E-state index in [1.54, 1.807) is 32.2 Å². The number of nitrogens with one attached hydrogen (secondary N) is 3. The minimum absolute atomic E-state index is 0.165. The molecule has 1 aliphatic rings. The maximum Gasteiger partial charge on any atom is 0.316 e. The highest BCUT2D eigenvalue weighted by molar-refractivity contribution is 5.92. The molecule has 1 saturated carbocycles. The van der Waals surface area contributed by atoms with Crippen molar-refractivity contribution >= 4 is 29.5 Å². The van der Waals surface area contributed by atoms with E-state index in [0.29, 0.717) is 17.3 Å². The van der Waals surface area contributed by atoms with E-state index in [-0.39, 0.29) is 11.7 Å². The van der Waals surface area contributed by atoms with Gasteiger partial charge in [-0.15, -0.1) is 0 Å². The summed E-state index contributed by atoms with van der Waals surface area (Å²) >= 11 is 0. The van der Waals surface area contributed by atoms with E-state index in [4.69, 9.17) is 11.1 Å². The fourth-order valence-corrected chi connectivity index (χ4v) is 4.84. The number of rotatable bonds is 10. The number of urea groups is 1. The van der Waals surface area contributed by atoms with Gasteiger partial charge in [0.1, 0.15) is 5.82 Å². The van der Waals surface area contributed by atoms with Gasteiger partial charge in [-0.25, -0.2) is 9.18 Å². The van der Waals surface area contributed by atoms with E-state index in [0.717, 1.165) is 50.4 Å². The van der Waals surface area contributed by atoms with Crippen molar-refractivity contribution in [1.82, 2.24) is 9.80 Å². The topological polar surface area (TPSA) is 115 Å². The molecule has 1 aliphatic carbocycles. The summed E-state index contributed by atoms with van der Waals surface area (Å²) in [6, 6.07) is 11.8. The molecule has 5 N–H and O–H groups in total. The van der Waals surface area contributed by atoms with Gasteiger partial charge in [-0.3, -0.25) is 4.79 Å². The van der Waals surface area contributed by atoms with E-state index in [9.17, 15) is 14.0 Å². The third kappa shape index (κ3) is 10.5. The lowest BCUT2D eigenvalue weighted by molar-refractivity contribution is -0.130. The number of halogens is 1. The molecule has 8 nitrogen and oxygen atoms in total. The van der Waals surface area contributed by atoms with Crippen LogP contribution in [0.4, 0.5) is 20.6 Å². The average molecular weight is 527 g/mol. The summed E-state index contributed by atoms with van der Waals surface area (Å²) in [6.07, 6.45) is 7.99. The molecule has 3 rings (SSSR count). The van der Waals surface area contributed by atoms with Crippen molar-refractivity contribution in [2.24, 2.45) is 11.7 Å².